The molecule has 0 heterocycles. The highest BCUT2D eigenvalue weighted by atomic mass is 31.2. The van der Waals surface area contributed by atoms with E-state index in [1.54, 1.807) is 0 Å². The number of rotatable bonds is 39. The van der Waals surface area contributed by atoms with Crippen LogP contribution in [0.4, 0.5) is 0 Å². The number of carbonyl (C=O) groups excluding carboxylic acids is 2. The van der Waals surface area contributed by atoms with Gasteiger partial charge in [0.15, 0.2) is 6.10 Å². The molecule has 0 bridgehead atoms. The molecule has 0 rings (SSSR count). The molecule has 0 fully saturated rings. The molecule has 0 amide bonds. The van der Waals surface area contributed by atoms with Gasteiger partial charge in [-0.1, -0.05) is 167 Å². The Morgan fingerprint density at radius 3 is 1.44 bits per heavy atom. The van der Waals surface area contributed by atoms with Gasteiger partial charge in [0.05, 0.1) is 15.9 Å². The first-order valence-electron chi connectivity index (χ1n) is 22.9. The number of phosphoric acid groups is 1. The standard InChI is InChI=1S/C41H79O8P/c1-4-7-9-11-13-15-17-19-21-23-25-27-29-31-33-35-40(42)46-37-39(38-48-50(44,45)47-6-3)49-41(43)36-34-32-30-28-26-24-22-20-18-16-14-12-10-8-5-2/h20,22,39H,4-19,21,23-38H2,1-3H3,(H,44,45)/b22-20-/t39-/m1/s1/i3D3,6D2. The minimum Gasteiger partial charge on any atom is -0.462 e. The molecule has 0 aromatic rings. The van der Waals surface area contributed by atoms with Crippen LogP contribution in [0.3, 0.4) is 0 Å². The number of esters is 2. The van der Waals surface area contributed by atoms with Crippen molar-refractivity contribution in [3.63, 3.8) is 0 Å². The average Bonchev–Trinajstić information content (AvgIpc) is 3.11. The Morgan fingerprint density at radius 2 is 1.00 bits per heavy atom. The second-order valence-electron chi connectivity index (χ2n) is 13.8. The topological polar surface area (TPSA) is 108 Å². The summed E-state index contributed by atoms with van der Waals surface area (Å²) in [5.74, 6) is -1.11. The fourth-order valence-corrected chi connectivity index (χ4v) is 6.38. The van der Waals surface area contributed by atoms with Crippen molar-refractivity contribution in [2.75, 3.05) is 19.8 Å². The number of ether oxygens (including phenoxy) is 2. The van der Waals surface area contributed by atoms with Crippen LogP contribution in [0.15, 0.2) is 12.2 Å². The van der Waals surface area contributed by atoms with E-state index in [0.29, 0.717) is 12.8 Å². The molecule has 0 spiro atoms. The number of phosphoric ester groups is 1. The Hall–Kier alpha value is -1.21. The number of hydrogen-bond acceptors (Lipinski definition) is 7. The van der Waals surface area contributed by atoms with E-state index >= 15 is 0 Å². The van der Waals surface area contributed by atoms with E-state index in [2.05, 4.69) is 30.5 Å². The SMILES string of the molecule is [2H]C([2H])([2H])C([2H])([2H])OP(=O)(O)OC[C@@H](COC(=O)CCCCCCCCCCCCCCCCC)OC(=O)CCCCCCC/C=C\CCCCCCCC. The molecular formula is C41H79O8P. The van der Waals surface area contributed by atoms with Crippen LogP contribution in [0.5, 0.6) is 0 Å². The molecule has 50 heavy (non-hydrogen) atoms. The number of unbranched alkanes of at least 4 members (excludes halogenated alkanes) is 25. The summed E-state index contributed by atoms with van der Waals surface area (Å²) in [5.41, 5.74) is 0. The Labute approximate surface area is 315 Å². The van der Waals surface area contributed by atoms with Gasteiger partial charge >= 0.3 is 19.8 Å². The summed E-state index contributed by atoms with van der Waals surface area (Å²) in [6, 6.07) is 0. The van der Waals surface area contributed by atoms with Crippen molar-refractivity contribution in [3.8, 4) is 0 Å². The molecule has 9 heteroatoms. The lowest BCUT2D eigenvalue weighted by atomic mass is 10.0. The predicted octanol–water partition coefficient (Wildman–Crippen LogP) is 12.9. The van der Waals surface area contributed by atoms with Gasteiger partial charge in [0.25, 0.3) is 0 Å². The molecule has 296 valence electrons. The van der Waals surface area contributed by atoms with Crippen LogP contribution in [-0.2, 0) is 32.7 Å². The molecule has 0 radical (unpaired) electrons. The van der Waals surface area contributed by atoms with E-state index in [9.17, 15) is 19.0 Å². The summed E-state index contributed by atoms with van der Waals surface area (Å²) >= 11 is 0. The Balaban J connectivity index is 4.47. The van der Waals surface area contributed by atoms with Gasteiger partial charge in [-0.25, -0.2) is 4.57 Å². The van der Waals surface area contributed by atoms with Crippen molar-refractivity contribution in [3.05, 3.63) is 12.2 Å². The fraction of sp³-hybridized carbons (Fsp3) is 0.902. The van der Waals surface area contributed by atoms with Gasteiger partial charge in [0.2, 0.25) is 0 Å². The summed E-state index contributed by atoms with van der Waals surface area (Å²) in [6.07, 6.45) is 36.1. The third kappa shape index (κ3) is 36.6. The van der Waals surface area contributed by atoms with Crippen LogP contribution in [0.1, 0.15) is 220 Å². The Kier molecular flexibility index (Phi) is 30.0. The minimum absolute atomic E-state index is 0.0939. The number of carbonyl (C=O) groups is 2. The summed E-state index contributed by atoms with van der Waals surface area (Å²) in [5, 5.41) is 0. The molecule has 1 N–H and O–H groups in total. The lowest BCUT2D eigenvalue weighted by Gasteiger charge is -2.19. The van der Waals surface area contributed by atoms with E-state index in [-0.39, 0.29) is 12.8 Å². The number of hydrogen-bond donors (Lipinski definition) is 1. The Morgan fingerprint density at radius 1 is 0.600 bits per heavy atom. The van der Waals surface area contributed by atoms with E-state index in [0.717, 1.165) is 57.8 Å². The van der Waals surface area contributed by atoms with Crippen molar-refractivity contribution in [1.29, 1.82) is 0 Å². The van der Waals surface area contributed by atoms with E-state index in [1.165, 1.54) is 109 Å². The highest BCUT2D eigenvalue weighted by molar-refractivity contribution is 7.47. The zero-order valence-corrected chi connectivity index (χ0v) is 33.0. The third-order valence-corrected chi connectivity index (χ3v) is 9.74. The van der Waals surface area contributed by atoms with Crippen LogP contribution in [0.25, 0.3) is 0 Å². The van der Waals surface area contributed by atoms with Crippen LogP contribution >= 0.6 is 7.82 Å². The highest BCUT2D eigenvalue weighted by Crippen LogP contribution is 2.43. The quantitative estimate of drug-likeness (QED) is 0.0288. The van der Waals surface area contributed by atoms with Gasteiger partial charge < -0.3 is 14.4 Å². The monoisotopic (exact) mass is 736 g/mol. The molecule has 0 saturated carbocycles. The lowest BCUT2D eigenvalue weighted by Crippen LogP contribution is -2.29. The highest BCUT2D eigenvalue weighted by Gasteiger charge is 2.25. The number of allylic oxidation sites excluding steroid dienone is 2. The first kappa shape index (κ1) is 40.0. The summed E-state index contributed by atoms with van der Waals surface area (Å²) in [6.45, 7) is -3.56. The molecule has 0 aromatic heterocycles. The van der Waals surface area contributed by atoms with Crippen molar-refractivity contribution in [1.82, 2.24) is 0 Å². The smallest absolute Gasteiger partial charge is 0.462 e. The van der Waals surface area contributed by atoms with Crippen molar-refractivity contribution < 1.29 is 44.4 Å². The van der Waals surface area contributed by atoms with Gasteiger partial charge in [-0.05, 0) is 45.4 Å². The normalized spacial score (nSPS) is 15.5. The third-order valence-electron chi connectivity index (χ3n) is 8.94. The molecule has 2 atom stereocenters. The summed E-state index contributed by atoms with van der Waals surface area (Å²) in [7, 11) is -5.23. The molecule has 0 aliphatic carbocycles. The van der Waals surface area contributed by atoms with E-state index in [1.807, 2.05) is 0 Å². The maximum absolute atomic E-state index is 12.6. The van der Waals surface area contributed by atoms with Gasteiger partial charge in [-0.2, -0.15) is 0 Å². The van der Waals surface area contributed by atoms with E-state index < -0.39 is 52.5 Å². The van der Waals surface area contributed by atoms with Crippen molar-refractivity contribution in [2.45, 2.75) is 219 Å². The molecule has 1 unspecified atom stereocenters. The molecule has 0 saturated heterocycles. The minimum atomic E-state index is -5.23. The maximum Gasteiger partial charge on any atom is 0.472 e. The summed E-state index contributed by atoms with van der Waals surface area (Å²) < 4.78 is 68.7. The molecule has 0 aromatic carbocycles. The first-order valence-corrected chi connectivity index (χ1v) is 21.9. The molecular weight excluding hydrogens is 651 g/mol. The van der Waals surface area contributed by atoms with Gasteiger partial charge in [0, 0.05) is 17.0 Å². The average molecular weight is 736 g/mol. The van der Waals surface area contributed by atoms with Gasteiger partial charge in [-0.3, -0.25) is 18.6 Å². The van der Waals surface area contributed by atoms with Gasteiger partial charge in [-0.15, -0.1) is 0 Å². The zero-order valence-electron chi connectivity index (χ0n) is 37.1. The van der Waals surface area contributed by atoms with Crippen LogP contribution in [-0.4, -0.2) is 42.7 Å². The van der Waals surface area contributed by atoms with E-state index in [4.69, 9.17) is 20.9 Å². The lowest BCUT2D eigenvalue weighted by molar-refractivity contribution is -0.161. The fourth-order valence-electron chi connectivity index (χ4n) is 5.86. The Bertz CT molecular complexity index is 1010. The summed E-state index contributed by atoms with van der Waals surface area (Å²) in [4.78, 5) is 35.1. The van der Waals surface area contributed by atoms with Crippen molar-refractivity contribution >= 4 is 19.8 Å². The van der Waals surface area contributed by atoms with Crippen molar-refractivity contribution in [2.24, 2.45) is 0 Å². The largest absolute Gasteiger partial charge is 0.472 e. The zero-order chi connectivity index (χ0) is 41.1. The predicted molar refractivity (Wildman–Crippen MR) is 207 cm³/mol. The second kappa shape index (κ2) is 37.5. The van der Waals surface area contributed by atoms with Gasteiger partial charge in [0.1, 0.15) is 6.61 Å². The second-order valence-corrected chi connectivity index (χ2v) is 15.2. The molecule has 0 aliphatic rings. The maximum atomic E-state index is 12.6. The van der Waals surface area contributed by atoms with Crippen LogP contribution < -0.4 is 0 Å². The first-order chi connectivity index (χ1) is 26.2. The van der Waals surface area contributed by atoms with Crippen LogP contribution in [0.2, 0.25) is 0 Å². The van der Waals surface area contributed by atoms with Crippen LogP contribution in [0, 0.1) is 0 Å². The molecule has 8 nitrogen and oxygen atoms in total. The molecule has 0 aliphatic heterocycles.